The number of benzene rings is 1. The van der Waals surface area contributed by atoms with E-state index >= 15 is 0 Å². The van der Waals surface area contributed by atoms with Crippen molar-refractivity contribution in [2.24, 2.45) is 7.05 Å². The van der Waals surface area contributed by atoms with Crippen LogP contribution in [-0.4, -0.2) is 22.2 Å². The van der Waals surface area contributed by atoms with Gasteiger partial charge in [0.05, 0.1) is 22.9 Å². The second-order valence-corrected chi connectivity index (χ2v) is 5.31. The monoisotopic (exact) mass is 306 g/mol. The highest BCUT2D eigenvalue weighted by atomic mass is 35.5. The van der Waals surface area contributed by atoms with Gasteiger partial charge in [-0.1, -0.05) is 23.7 Å². The molecule has 0 fully saturated rings. The Morgan fingerprint density at radius 1 is 1.33 bits per heavy atom. The summed E-state index contributed by atoms with van der Waals surface area (Å²) in [6, 6.07) is 7.17. The maximum absolute atomic E-state index is 11.9. The molecule has 0 unspecified atom stereocenters. The Morgan fingerprint density at radius 3 is 2.67 bits per heavy atom. The van der Waals surface area contributed by atoms with Crippen molar-refractivity contribution in [1.29, 1.82) is 0 Å². The minimum atomic E-state index is -0.123. The molecule has 1 aromatic carbocycles. The fraction of sp³-hybridized carbons (Fsp3) is 0.333. The van der Waals surface area contributed by atoms with Crippen molar-refractivity contribution in [3.05, 3.63) is 46.2 Å². The van der Waals surface area contributed by atoms with Gasteiger partial charge in [-0.3, -0.25) is 9.48 Å². The van der Waals surface area contributed by atoms with E-state index in [9.17, 15) is 4.79 Å². The number of carbonyl (C=O) groups is 1. The number of carbonyl (C=O) groups excluding carboxylic acids is 1. The van der Waals surface area contributed by atoms with E-state index in [4.69, 9.17) is 11.6 Å². The molecule has 0 aliphatic carbocycles. The van der Waals surface area contributed by atoms with E-state index in [0.717, 1.165) is 17.0 Å². The molecule has 21 heavy (non-hydrogen) atoms. The van der Waals surface area contributed by atoms with Crippen molar-refractivity contribution in [2.75, 3.05) is 11.9 Å². The fourth-order valence-electron chi connectivity index (χ4n) is 2.13. The SMILES string of the molecule is Cc1nn(C)c(C)c1CNCC(=O)Nc1ccccc1Cl. The van der Waals surface area contributed by atoms with E-state index in [1.54, 1.807) is 12.1 Å². The highest BCUT2D eigenvalue weighted by Gasteiger charge is 2.10. The molecular formula is C15H19ClN4O. The molecule has 2 N–H and O–H groups in total. The third-order valence-corrected chi connectivity index (χ3v) is 3.72. The quantitative estimate of drug-likeness (QED) is 0.892. The summed E-state index contributed by atoms with van der Waals surface area (Å²) < 4.78 is 1.84. The number of nitrogens with one attached hydrogen (secondary N) is 2. The van der Waals surface area contributed by atoms with Gasteiger partial charge in [0.2, 0.25) is 5.91 Å². The number of amides is 1. The largest absolute Gasteiger partial charge is 0.324 e. The van der Waals surface area contributed by atoms with E-state index in [1.807, 2.05) is 37.7 Å². The highest BCUT2D eigenvalue weighted by molar-refractivity contribution is 6.33. The number of rotatable bonds is 5. The first kappa shape index (κ1) is 15.5. The second-order valence-electron chi connectivity index (χ2n) is 4.90. The summed E-state index contributed by atoms with van der Waals surface area (Å²) in [7, 11) is 1.91. The number of halogens is 1. The number of anilines is 1. The second kappa shape index (κ2) is 6.74. The lowest BCUT2D eigenvalue weighted by molar-refractivity contribution is -0.115. The molecule has 1 heterocycles. The zero-order valence-corrected chi connectivity index (χ0v) is 13.2. The van der Waals surface area contributed by atoms with Crippen LogP contribution in [0, 0.1) is 13.8 Å². The normalized spacial score (nSPS) is 10.7. The predicted octanol–water partition coefficient (Wildman–Crippen LogP) is 2.42. The fourth-order valence-corrected chi connectivity index (χ4v) is 2.31. The number of hydrogen-bond donors (Lipinski definition) is 2. The van der Waals surface area contributed by atoms with Crippen LogP contribution in [0.5, 0.6) is 0 Å². The molecule has 0 radical (unpaired) electrons. The van der Waals surface area contributed by atoms with Gasteiger partial charge in [-0.25, -0.2) is 0 Å². The van der Waals surface area contributed by atoms with Gasteiger partial charge in [0.15, 0.2) is 0 Å². The Labute approximate surface area is 129 Å². The molecule has 2 aromatic rings. The van der Waals surface area contributed by atoms with Gasteiger partial charge in [-0.05, 0) is 26.0 Å². The molecule has 0 atom stereocenters. The summed E-state index contributed by atoms with van der Waals surface area (Å²) in [4.78, 5) is 11.9. The first-order valence-corrected chi connectivity index (χ1v) is 7.11. The number of para-hydroxylation sites is 1. The van der Waals surface area contributed by atoms with E-state index < -0.39 is 0 Å². The van der Waals surface area contributed by atoms with Crippen LogP contribution in [0.3, 0.4) is 0 Å². The molecule has 0 aliphatic rings. The van der Waals surface area contributed by atoms with Gasteiger partial charge in [-0.2, -0.15) is 5.10 Å². The average Bonchev–Trinajstić information content (AvgIpc) is 2.68. The number of aromatic nitrogens is 2. The summed E-state index contributed by atoms with van der Waals surface area (Å²) in [6.45, 7) is 4.81. The van der Waals surface area contributed by atoms with Crippen LogP contribution in [0.15, 0.2) is 24.3 Å². The summed E-state index contributed by atoms with van der Waals surface area (Å²) >= 11 is 6.00. The summed E-state index contributed by atoms with van der Waals surface area (Å²) in [5.74, 6) is -0.123. The van der Waals surface area contributed by atoms with Crippen LogP contribution in [-0.2, 0) is 18.4 Å². The molecule has 2 rings (SSSR count). The Kier molecular flexibility index (Phi) is 4.98. The van der Waals surface area contributed by atoms with Gasteiger partial charge in [-0.15, -0.1) is 0 Å². The minimum absolute atomic E-state index is 0.123. The van der Waals surface area contributed by atoms with Crippen LogP contribution in [0.25, 0.3) is 0 Å². The average molecular weight is 307 g/mol. The van der Waals surface area contributed by atoms with Gasteiger partial charge in [0, 0.05) is 24.8 Å². The van der Waals surface area contributed by atoms with Crippen LogP contribution >= 0.6 is 11.6 Å². The Bertz CT molecular complexity index is 651. The van der Waals surface area contributed by atoms with Crippen molar-refractivity contribution >= 4 is 23.2 Å². The third-order valence-electron chi connectivity index (χ3n) is 3.39. The molecule has 1 aromatic heterocycles. The maximum atomic E-state index is 11.9. The lowest BCUT2D eigenvalue weighted by atomic mass is 10.2. The minimum Gasteiger partial charge on any atom is -0.324 e. The zero-order chi connectivity index (χ0) is 15.4. The molecule has 112 valence electrons. The van der Waals surface area contributed by atoms with Crippen LogP contribution in [0.2, 0.25) is 5.02 Å². The third kappa shape index (κ3) is 3.83. The maximum Gasteiger partial charge on any atom is 0.238 e. The van der Waals surface area contributed by atoms with Crippen molar-refractivity contribution in [3.8, 4) is 0 Å². The first-order chi connectivity index (χ1) is 9.99. The Morgan fingerprint density at radius 2 is 2.05 bits per heavy atom. The summed E-state index contributed by atoms with van der Waals surface area (Å²) in [5.41, 5.74) is 3.84. The first-order valence-electron chi connectivity index (χ1n) is 6.73. The van der Waals surface area contributed by atoms with E-state index in [2.05, 4.69) is 15.7 Å². The Hall–Kier alpha value is -1.85. The molecule has 0 bridgehead atoms. The standard InChI is InChI=1S/C15H19ClN4O/c1-10-12(11(2)20(3)19-10)8-17-9-15(21)18-14-7-5-4-6-13(14)16/h4-7,17H,8-9H2,1-3H3,(H,18,21). The summed E-state index contributed by atoms with van der Waals surface area (Å²) in [6.07, 6.45) is 0. The Balaban J connectivity index is 1.86. The van der Waals surface area contributed by atoms with Gasteiger partial charge in [0.25, 0.3) is 0 Å². The van der Waals surface area contributed by atoms with Crippen molar-refractivity contribution < 1.29 is 4.79 Å². The van der Waals surface area contributed by atoms with Crippen molar-refractivity contribution in [2.45, 2.75) is 20.4 Å². The molecule has 1 amide bonds. The van der Waals surface area contributed by atoms with Crippen LogP contribution in [0.4, 0.5) is 5.69 Å². The molecular weight excluding hydrogens is 288 g/mol. The van der Waals surface area contributed by atoms with Gasteiger partial charge >= 0.3 is 0 Å². The van der Waals surface area contributed by atoms with Crippen molar-refractivity contribution in [1.82, 2.24) is 15.1 Å². The van der Waals surface area contributed by atoms with Crippen LogP contribution in [0.1, 0.15) is 17.0 Å². The topological polar surface area (TPSA) is 59.0 Å². The van der Waals surface area contributed by atoms with E-state index in [0.29, 0.717) is 17.3 Å². The highest BCUT2D eigenvalue weighted by Crippen LogP contribution is 2.20. The predicted molar refractivity (Wildman–Crippen MR) is 84.5 cm³/mol. The smallest absolute Gasteiger partial charge is 0.238 e. The molecule has 0 saturated heterocycles. The van der Waals surface area contributed by atoms with Gasteiger partial charge in [0.1, 0.15) is 0 Å². The molecule has 0 spiro atoms. The molecule has 0 aliphatic heterocycles. The van der Waals surface area contributed by atoms with E-state index in [1.165, 1.54) is 0 Å². The summed E-state index contributed by atoms with van der Waals surface area (Å²) in [5, 5.41) is 10.8. The number of aryl methyl sites for hydroxylation is 2. The molecule has 0 saturated carbocycles. The molecule has 6 heteroatoms. The van der Waals surface area contributed by atoms with E-state index in [-0.39, 0.29) is 12.5 Å². The van der Waals surface area contributed by atoms with Crippen molar-refractivity contribution in [3.63, 3.8) is 0 Å². The zero-order valence-electron chi connectivity index (χ0n) is 12.4. The lowest BCUT2D eigenvalue weighted by Crippen LogP contribution is -2.28. The number of nitrogens with zero attached hydrogens (tertiary/aromatic N) is 2. The number of hydrogen-bond acceptors (Lipinski definition) is 3. The molecule has 5 nitrogen and oxygen atoms in total. The van der Waals surface area contributed by atoms with Gasteiger partial charge < -0.3 is 10.6 Å². The van der Waals surface area contributed by atoms with Crippen LogP contribution < -0.4 is 10.6 Å². The lowest BCUT2D eigenvalue weighted by Gasteiger charge is -2.08.